The first kappa shape index (κ1) is 7.73. The molecule has 0 bridgehead atoms. The summed E-state index contributed by atoms with van der Waals surface area (Å²) in [6.07, 6.45) is 4.11. The monoisotopic (exact) mass is 142 g/mol. The van der Waals surface area contributed by atoms with Crippen LogP contribution in [0.5, 0.6) is 0 Å². The lowest BCUT2D eigenvalue weighted by Crippen LogP contribution is -2.88. The predicted molar refractivity (Wildman–Crippen MR) is 39.7 cm³/mol. The van der Waals surface area contributed by atoms with Gasteiger partial charge in [-0.05, 0) is 6.42 Å². The van der Waals surface area contributed by atoms with Gasteiger partial charge in [-0.25, -0.2) is 0 Å². The summed E-state index contributed by atoms with van der Waals surface area (Å²) in [5, 5.41) is 2.18. The van der Waals surface area contributed by atoms with E-state index in [4.69, 9.17) is 0 Å². The molecule has 0 radical (unpaired) electrons. The standard InChI is InChI=1S/C8H15NO/c1-2-4-8(10)7-5-3-6-9-7/h7,9H,2-6H2,1H3/p+1. The molecule has 1 heterocycles. The SMILES string of the molecule is CCCC(=O)C1CCC[NH2+]1. The van der Waals surface area contributed by atoms with Crippen molar-refractivity contribution in [1.29, 1.82) is 0 Å². The second-order valence-corrected chi connectivity index (χ2v) is 2.99. The number of carbonyl (C=O) groups is 1. The quantitative estimate of drug-likeness (QED) is 0.595. The highest BCUT2D eigenvalue weighted by Crippen LogP contribution is 2.02. The predicted octanol–water partition coefficient (Wildman–Crippen LogP) is 0.0814. The van der Waals surface area contributed by atoms with Gasteiger partial charge >= 0.3 is 0 Å². The van der Waals surface area contributed by atoms with E-state index < -0.39 is 0 Å². The van der Waals surface area contributed by atoms with E-state index in [1.165, 1.54) is 6.42 Å². The van der Waals surface area contributed by atoms with Gasteiger partial charge in [-0.2, -0.15) is 0 Å². The number of ketones is 1. The summed E-state index contributed by atoms with van der Waals surface area (Å²) in [5.41, 5.74) is 0. The minimum absolute atomic E-state index is 0.319. The van der Waals surface area contributed by atoms with Gasteiger partial charge in [0.2, 0.25) is 0 Å². The maximum Gasteiger partial charge on any atom is 0.189 e. The van der Waals surface area contributed by atoms with Gasteiger partial charge in [0.1, 0.15) is 6.04 Å². The Labute approximate surface area is 62.0 Å². The highest BCUT2D eigenvalue weighted by atomic mass is 16.1. The molecule has 2 nitrogen and oxygen atoms in total. The fraction of sp³-hybridized carbons (Fsp3) is 0.875. The Balaban J connectivity index is 2.25. The van der Waals surface area contributed by atoms with Crippen molar-refractivity contribution in [3.63, 3.8) is 0 Å². The summed E-state index contributed by atoms with van der Waals surface area (Å²) >= 11 is 0. The maximum atomic E-state index is 11.2. The highest BCUT2D eigenvalue weighted by Gasteiger charge is 2.24. The minimum Gasteiger partial charge on any atom is -0.338 e. The molecule has 0 aromatic heterocycles. The molecule has 0 aliphatic carbocycles. The van der Waals surface area contributed by atoms with E-state index in [0.717, 1.165) is 25.8 Å². The Morgan fingerprint density at radius 1 is 1.70 bits per heavy atom. The van der Waals surface area contributed by atoms with Crippen LogP contribution in [0.2, 0.25) is 0 Å². The fourth-order valence-corrected chi connectivity index (χ4v) is 1.50. The summed E-state index contributed by atoms with van der Waals surface area (Å²) in [6, 6.07) is 0.319. The lowest BCUT2D eigenvalue weighted by molar-refractivity contribution is -0.657. The van der Waals surface area contributed by atoms with E-state index in [1.54, 1.807) is 0 Å². The van der Waals surface area contributed by atoms with E-state index >= 15 is 0 Å². The molecule has 1 atom stereocenters. The van der Waals surface area contributed by atoms with Crippen LogP contribution in [0.25, 0.3) is 0 Å². The molecule has 2 N–H and O–H groups in total. The summed E-state index contributed by atoms with van der Waals surface area (Å²) in [4.78, 5) is 11.2. The van der Waals surface area contributed by atoms with Gasteiger partial charge in [-0.3, -0.25) is 4.79 Å². The molecular formula is C8H16NO+. The minimum atomic E-state index is 0.319. The van der Waals surface area contributed by atoms with E-state index in [2.05, 4.69) is 12.2 Å². The molecule has 0 spiro atoms. The third-order valence-corrected chi connectivity index (χ3v) is 2.08. The van der Waals surface area contributed by atoms with Crippen LogP contribution in [-0.4, -0.2) is 18.4 Å². The molecule has 1 unspecified atom stereocenters. The Bertz CT molecular complexity index is 116. The van der Waals surface area contributed by atoms with Crippen LogP contribution >= 0.6 is 0 Å². The lowest BCUT2D eigenvalue weighted by atomic mass is 10.1. The second-order valence-electron chi connectivity index (χ2n) is 2.99. The molecule has 58 valence electrons. The molecule has 0 aromatic rings. The van der Waals surface area contributed by atoms with Gasteiger partial charge < -0.3 is 5.32 Å². The van der Waals surface area contributed by atoms with Gasteiger partial charge in [0.05, 0.1) is 6.54 Å². The average molecular weight is 142 g/mol. The molecule has 1 rings (SSSR count). The van der Waals surface area contributed by atoms with Gasteiger partial charge in [0, 0.05) is 19.3 Å². The number of Topliss-reactive ketones (excluding diaryl/α,β-unsaturated/α-hetero) is 1. The summed E-state index contributed by atoms with van der Waals surface area (Å²) in [7, 11) is 0. The van der Waals surface area contributed by atoms with Crippen LogP contribution < -0.4 is 5.32 Å². The van der Waals surface area contributed by atoms with E-state index in [-0.39, 0.29) is 0 Å². The molecule has 1 aliphatic rings. The van der Waals surface area contributed by atoms with Crippen molar-refractivity contribution in [1.82, 2.24) is 0 Å². The number of rotatable bonds is 3. The van der Waals surface area contributed by atoms with Crippen molar-refractivity contribution in [3.8, 4) is 0 Å². The van der Waals surface area contributed by atoms with Crippen molar-refractivity contribution in [2.45, 2.75) is 38.6 Å². The van der Waals surface area contributed by atoms with Crippen LogP contribution in [0.4, 0.5) is 0 Å². The molecule has 0 amide bonds. The van der Waals surface area contributed by atoms with Crippen LogP contribution in [0, 0.1) is 0 Å². The largest absolute Gasteiger partial charge is 0.338 e. The van der Waals surface area contributed by atoms with Crippen molar-refractivity contribution >= 4 is 5.78 Å². The smallest absolute Gasteiger partial charge is 0.189 e. The van der Waals surface area contributed by atoms with Gasteiger partial charge in [-0.1, -0.05) is 6.92 Å². The number of carbonyl (C=O) groups excluding carboxylic acids is 1. The average Bonchev–Trinajstić information content (AvgIpc) is 2.38. The zero-order valence-electron chi connectivity index (χ0n) is 6.60. The van der Waals surface area contributed by atoms with Crippen LogP contribution in [0.15, 0.2) is 0 Å². The first-order valence-electron chi connectivity index (χ1n) is 4.20. The highest BCUT2D eigenvalue weighted by molar-refractivity contribution is 5.82. The molecule has 1 aliphatic heterocycles. The molecule has 1 fully saturated rings. The third-order valence-electron chi connectivity index (χ3n) is 2.08. The van der Waals surface area contributed by atoms with Crippen LogP contribution in [0.3, 0.4) is 0 Å². The molecule has 0 aromatic carbocycles. The number of nitrogens with two attached hydrogens (primary N) is 1. The number of quaternary nitrogens is 1. The first-order chi connectivity index (χ1) is 4.84. The van der Waals surface area contributed by atoms with Crippen LogP contribution in [-0.2, 0) is 4.79 Å². The third kappa shape index (κ3) is 1.81. The number of hydrogen-bond acceptors (Lipinski definition) is 1. The molecule has 2 heteroatoms. The second kappa shape index (κ2) is 3.71. The normalized spacial score (nSPS) is 25.1. The maximum absolute atomic E-state index is 11.2. The fourth-order valence-electron chi connectivity index (χ4n) is 1.50. The van der Waals surface area contributed by atoms with Gasteiger partial charge in [0.15, 0.2) is 5.78 Å². The summed E-state index contributed by atoms with van der Waals surface area (Å²) < 4.78 is 0. The Kier molecular flexibility index (Phi) is 2.87. The van der Waals surface area contributed by atoms with Crippen molar-refractivity contribution in [3.05, 3.63) is 0 Å². The molecule has 0 saturated carbocycles. The van der Waals surface area contributed by atoms with E-state index in [0.29, 0.717) is 11.8 Å². The Morgan fingerprint density at radius 2 is 2.50 bits per heavy atom. The lowest BCUT2D eigenvalue weighted by Gasteiger charge is -2.02. The first-order valence-corrected chi connectivity index (χ1v) is 4.20. The molecular weight excluding hydrogens is 126 g/mol. The molecule has 10 heavy (non-hydrogen) atoms. The number of hydrogen-bond donors (Lipinski definition) is 1. The van der Waals surface area contributed by atoms with Gasteiger partial charge in [0.25, 0.3) is 0 Å². The zero-order chi connectivity index (χ0) is 7.40. The van der Waals surface area contributed by atoms with Crippen LogP contribution in [0.1, 0.15) is 32.6 Å². The van der Waals surface area contributed by atoms with Crippen molar-refractivity contribution < 1.29 is 10.1 Å². The van der Waals surface area contributed by atoms with Crippen molar-refractivity contribution in [2.24, 2.45) is 0 Å². The van der Waals surface area contributed by atoms with E-state index in [1.807, 2.05) is 0 Å². The topological polar surface area (TPSA) is 33.7 Å². The van der Waals surface area contributed by atoms with Gasteiger partial charge in [-0.15, -0.1) is 0 Å². The summed E-state index contributed by atoms with van der Waals surface area (Å²) in [6.45, 7) is 3.22. The Morgan fingerprint density at radius 3 is 3.00 bits per heavy atom. The van der Waals surface area contributed by atoms with E-state index in [9.17, 15) is 4.79 Å². The zero-order valence-corrected chi connectivity index (χ0v) is 6.60. The summed E-state index contributed by atoms with van der Waals surface area (Å²) in [5.74, 6) is 0.458. The Hall–Kier alpha value is -0.370. The molecule has 1 saturated heterocycles. The van der Waals surface area contributed by atoms with Crippen molar-refractivity contribution in [2.75, 3.05) is 6.54 Å².